The minimum absolute atomic E-state index is 0.130. The zero-order valence-corrected chi connectivity index (χ0v) is 19.0. The molecule has 6 nitrogen and oxygen atoms in total. The summed E-state index contributed by atoms with van der Waals surface area (Å²) in [6, 6.07) is 16.3. The van der Waals surface area contributed by atoms with E-state index in [-0.39, 0.29) is 36.6 Å². The van der Waals surface area contributed by atoms with Crippen molar-refractivity contribution in [1.29, 1.82) is 0 Å². The topological polar surface area (TPSA) is 71.5 Å². The van der Waals surface area contributed by atoms with E-state index in [1.54, 1.807) is 18.4 Å². The molecule has 2 heterocycles. The van der Waals surface area contributed by atoms with Crippen LogP contribution >= 0.6 is 0 Å². The minimum Gasteiger partial charge on any atom is -0.472 e. The number of alkyl halides is 3. The number of furan rings is 1. The maximum Gasteiger partial charge on any atom is 0.416 e. The Bertz CT molecular complexity index is 1240. The van der Waals surface area contributed by atoms with E-state index in [2.05, 4.69) is 10.3 Å². The molecule has 35 heavy (non-hydrogen) atoms. The number of nitrogens with zero attached hydrogens (tertiary/aromatic N) is 2. The molecule has 2 aromatic heterocycles. The molecule has 9 heteroatoms. The maximum atomic E-state index is 13.1. The molecule has 0 aliphatic carbocycles. The van der Waals surface area contributed by atoms with E-state index in [0.717, 1.165) is 23.3 Å². The summed E-state index contributed by atoms with van der Waals surface area (Å²) in [5, 5.41) is 2.88. The van der Waals surface area contributed by atoms with Gasteiger partial charge < -0.3 is 14.2 Å². The second-order valence-electron chi connectivity index (χ2n) is 8.21. The Morgan fingerprint density at radius 1 is 1.00 bits per heavy atom. The van der Waals surface area contributed by atoms with Gasteiger partial charge in [0.2, 0.25) is 5.89 Å². The zero-order valence-electron chi connectivity index (χ0n) is 19.0. The van der Waals surface area contributed by atoms with Crippen molar-refractivity contribution in [2.24, 2.45) is 0 Å². The third-order valence-corrected chi connectivity index (χ3v) is 5.44. The Kier molecular flexibility index (Phi) is 7.36. The van der Waals surface area contributed by atoms with Gasteiger partial charge >= 0.3 is 6.18 Å². The number of hydrogen-bond donors (Lipinski definition) is 1. The number of carbonyl (C=O) groups excluding carboxylic acids is 1. The highest BCUT2D eigenvalue weighted by Gasteiger charge is 2.30. The number of hydrogen-bond acceptors (Lipinski definition) is 5. The first-order valence-electron chi connectivity index (χ1n) is 11.0. The van der Waals surface area contributed by atoms with E-state index >= 15 is 0 Å². The summed E-state index contributed by atoms with van der Waals surface area (Å²) < 4.78 is 50.1. The number of aromatic nitrogens is 1. The van der Waals surface area contributed by atoms with Crippen LogP contribution in [0, 0.1) is 0 Å². The van der Waals surface area contributed by atoms with Crippen molar-refractivity contribution < 1.29 is 26.8 Å². The van der Waals surface area contributed by atoms with Gasteiger partial charge in [0.05, 0.1) is 30.7 Å². The molecule has 2 aromatic carbocycles. The fourth-order valence-electron chi connectivity index (χ4n) is 3.69. The summed E-state index contributed by atoms with van der Waals surface area (Å²) in [6.45, 7) is 2.66. The van der Waals surface area contributed by atoms with Crippen molar-refractivity contribution in [2.45, 2.75) is 38.8 Å². The van der Waals surface area contributed by atoms with Crippen LogP contribution in [-0.2, 0) is 25.8 Å². The van der Waals surface area contributed by atoms with E-state index in [4.69, 9.17) is 8.83 Å². The molecule has 0 radical (unpaired) electrons. The molecule has 4 aromatic rings. The van der Waals surface area contributed by atoms with E-state index < -0.39 is 11.7 Å². The molecule has 0 aliphatic rings. The third-order valence-electron chi connectivity index (χ3n) is 5.44. The van der Waals surface area contributed by atoms with Crippen LogP contribution < -0.4 is 5.32 Å². The lowest BCUT2D eigenvalue weighted by Gasteiger charge is -2.20. The van der Waals surface area contributed by atoms with E-state index in [0.29, 0.717) is 12.1 Å². The molecule has 182 valence electrons. The average molecular weight is 483 g/mol. The molecule has 0 bridgehead atoms. The summed E-state index contributed by atoms with van der Waals surface area (Å²) in [4.78, 5) is 18.8. The molecular formula is C26H24F3N3O3. The number of carbonyl (C=O) groups is 1. The quantitative estimate of drug-likeness (QED) is 0.317. The second kappa shape index (κ2) is 10.6. The molecule has 1 atom stereocenters. The minimum atomic E-state index is -4.42. The molecule has 1 unspecified atom stereocenters. The van der Waals surface area contributed by atoms with Crippen molar-refractivity contribution in [3.8, 4) is 0 Å². The first-order chi connectivity index (χ1) is 16.8. The number of benzene rings is 2. The average Bonchev–Trinajstić information content (AvgIpc) is 3.52. The Morgan fingerprint density at radius 3 is 2.49 bits per heavy atom. The monoisotopic (exact) mass is 483 g/mol. The Labute approximate surface area is 200 Å². The number of amides is 1. The molecule has 1 N–H and O–H groups in total. The molecule has 0 spiro atoms. The molecule has 4 rings (SSSR count). The maximum absolute atomic E-state index is 13.1. The van der Waals surface area contributed by atoms with Crippen LogP contribution in [0.2, 0.25) is 0 Å². The highest BCUT2D eigenvalue weighted by Crippen LogP contribution is 2.30. The summed E-state index contributed by atoms with van der Waals surface area (Å²) >= 11 is 0. The number of oxazole rings is 1. The highest BCUT2D eigenvalue weighted by atomic mass is 19.4. The molecule has 0 aliphatic heterocycles. The predicted molar refractivity (Wildman–Crippen MR) is 122 cm³/mol. The van der Waals surface area contributed by atoms with Gasteiger partial charge in [-0.1, -0.05) is 48.5 Å². The second-order valence-corrected chi connectivity index (χ2v) is 8.21. The van der Waals surface area contributed by atoms with Crippen LogP contribution in [0.15, 0.2) is 88.3 Å². The Balaban J connectivity index is 1.46. The van der Waals surface area contributed by atoms with Crippen LogP contribution in [0.5, 0.6) is 0 Å². The van der Waals surface area contributed by atoms with Gasteiger partial charge in [-0.25, -0.2) is 4.98 Å². The van der Waals surface area contributed by atoms with E-state index in [1.807, 2.05) is 42.2 Å². The third kappa shape index (κ3) is 6.60. The van der Waals surface area contributed by atoms with Crippen LogP contribution in [0.25, 0.3) is 0 Å². The van der Waals surface area contributed by atoms with Gasteiger partial charge in [0, 0.05) is 18.7 Å². The Morgan fingerprint density at radius 2 is 1.77 bits per heavy atom. The standard InChI is InChI=1S/C26H24F3N3O3/c1-18(21-7-3-2-4-8-21)30-25(33)23-17-35-24(31-23)15-32(14-20-10-11-34-16-20)13-19-6-5-9-22(12-19)26(27,28)29/h2-12,16-18H,13-15H2,1H3,(H,30,33). The Hall–Kier alpha value is -3.85. The predicted octanol–water partition coefficient (Wildman–Crippen LogP) is 5.98. The summed E-state index contributed by atoms with van der Waals surface area (Å²) in [5.74, 6) is -0.103. The van der Waals surface area contributed by atoms with Crippen LogP contribution in [0.1, 0.15) is 51.6 Å². The molecular weight excluding hydrogens is 459 g/mol. The highest BCUT2D eigenvalue weighted by molar-refractivity contribution is 5.92. The fourth-order valence-corrected chi connectivity index (χ4v) is 3.69. The van der Waals surface area contributed by atoms with Gasteiger partial charge in [-0.2, -0.15) is 13.2 Å². The van der Waals surface area contributed by atoms with Gasteiger partial charge in [0.15, 0.2) is 5.69 Å². The van der Waals surface area contributed by atoms with Crippen LogP contribution in [0.4, 0.5) is 13.2 Å². The van der Waals surface area contributed by atoms with Crippen molar-refractivity contribution in [3.63, 3.8) is 0 Å². The van der Waals surface area contributed by atoms with Gasteiger partial charge in [-0.15, -0.1) is 0 Å². The van der Waals surface area contributed by atoms with Gasteiger partial charge in [-0.05, 0) is 30.2 Å². The van der Waals surface area contributed by atoms with Gasteiger partial charge in [-0.3, -0.25) is 9.69 Å². The SMILES string of the molecule is CC(NC(=O)c1coc(CN(Cc2ccoc2)Cc2cccc(C(F)(F)F)c2)n1)c1ccccc1. The molecule has 0 saturated carbocycles. The number of rotatable bonds is 9. The number of nitrogens with one attached hydrogen (secondary N) is 1. The first-order valence-corrected chi connectivity index (χ1v) is 11.0. The van der Waals surface area contributed by atoms with Gasteiger partial charge in [0.1, 0.15) is 6.26 Å². The zero-order chi connectivity index (χ0) is 24.8. The first kappa shape index (κ1) is 24.3. The normalized spacial score (nSPS) is 12.6. The van der Waals surface area contributed by atoms with Crippen molar-refractivity contribution in [3.05, 3.63) is 113 Å². The smallest absolute Gasteiger partial charge is 0.416 e. The van der Waals surface area contributed by atoms with Crippen molar-refractivity contribution in [2.75, 3.05) is 0 Å². The molecule has 0 saturated heterocycles. The lowest BCUT2D eigenvalue weighted by Crippen LogP contribution is -2.27. The van der Waals surface area contributed by atoms with E-state index in [1.165, 1.54) is 18.6 Å². The van der Waals surface area contributed by atoms with Crippen molar-refractivity contribution in [1.82, 2.24) is 15.2 Å². The molecule has 0 fully saturated rings. The summed E-state index contributed by atoms with van der Waals surface area (Å²) in [5.41, 5.74) is 1.71. The van der Waals surface area contributed by atoms with Gasteiger partial charge in [0.25, 0.3) is 5.91 Å². The van der Waals surface area contributed by atoms with Crippen LogP contribution in [0.3, 0.4) is 0 Å². The lowest BCUT2D eigenvalue weighted by molar-refractivity contribution is -0.137. The largest absolute Gasteiger partial charge is 0.472 e. The summed E-state index contributed by atoms with van der Waals surface area (Å²) in [6.07, 6.45) is -0.0480. The van der Waals surface area contributed by atoms with Crippen LogP contribution in [-0.4, -0.2) is 15.8 Å². The fraction of sp³-hybridized carbons (Fsp3) is 0.231. The lowest BCUT2D eigenvalue weighted by atomic mass is 10.1. The summed E-state index contributed by atoms with van der Waals surface area (Å²) in [7, 11) is 0. The van der Waals surface area contributed by atoms with E-state index in [9.17, 15) is 18.0 Å². The molecule has 1 amide bonds. The number of halogens is 3. The van der Waals surface area contributed by atoms with Crippen molar-refractivity contribution >= 4 is 5.91 Å².